The van der Waals surface area contributed by atoms with Gasteiger partial charge in [-0.05, 0) is 88.5 Å². The quantitative estimate of drug-likeness (QED) is 0.125. The Kier molecular flexibility index (Phi) is 12.1. The lowest BCUT2D eigenvalue weighted by Gasteiger charge is -2.41. The van der Waals surface area contributed by atoms with Crippen LogP contribution in [0.25, 0.3) is 33.4 Å². The highest BCUT2D eigenvalue weighted by molar-refractivity contribution is 5.93. The van der Waals surface area contributed by atoms with Crippen LogP contribution in [0.4, 0.5) is 52.7 Å². The molecule has 1 aliphatic heterocycles. The summed E-state index contributed by atoms with van der Waals surface area (Å²) in [6.07, 6.45) is -20.8. The van der Waals surface area contributed by atoms with E-state index in [0.29, 0.717) is 35.4 Å². The molecule has 1 aliphatic rings. The largest absolute Gasteiger partial charge is 0.496 e. The third kappa shape index (κ3) is 9.19. The number of ether oxygens (including phenoxy) is 2. The van der Waals surface area contributed by atoms with Crippen LogP contribution in [0.15, 0.2) is 78.9 Å². The van der Waals surface area contributed by atoms with Crippen LogP contribution < -0.4 is 9.47 Å². The predicted molar refractivity (Wildman–Crippen MR) is 222 cm³/mol. The van der Waals surface area contributed by atoms with Crippen molar-refractivity contribution in [3.8, 4) is 44.9 Å². The van der Waals surface area contributed by atoms with Gasteiger partial charge in [0, 0.05) is 38.9 Å². The van der Waals surface area contributed by atoms with Crippen molar-refractivity contribution in [3.05, 3.63) is 129 Å². The molecule has 0 amide bonds. The minimum atomic E-state index is -5.20. The van der Waals surface area contributed by atoms with Crippen molar-refractivity contribution in [2.24, 2.45) is 0 Å². The molecule has 0 N–H and O–H groups in total. The molecule has 15 heteroatoms. The maximum Gasteiger partial charge on any atom is 0.416 e. The third-order valence-electron chi connectivity index (χ3n) is 12.1. The van der Waals surface area contributed by atoms with Crippen molar-refractivity contribution in [1.82, 2.24) is 0 Å². The number of hydrogen-bond acceptors (Lipinski definition) is 2. The van der Waals surface area contributed by atoms with E-state index in [1.54, 1.807) is 66.8 Å². The minimum absolute atomic E-state index is 0.0158. The van der Waals surface area contributed by atoms with Gasteiger partial charge >= 0.3 is 24.7 Å². The first-order chi connectivity index (χ1) is 29.2. The number of hydrogen-bond donors (Lipinski definition) is 0. The SMILES string of the molecule is COc1c(C(C)(C)C)cc(-c2cc(C(F)(F)F)cc(C(F)(F)F)c2)c2c1-c1c(c(-c3cc(C(F)(F)F)cc(C(F)(F)F)c3)cc(C(C)(C)C)c1OC)C[N+](C)([C@H](C)c1ccccc1)C2. The third-order valence-corrected chi connectivity index (χ3v) is 12.1. The van der Waals surface area contributed by atoms with E-state index in [0.717, 1.165) is 5.56 Å². The molecule has 0 radical (unpaired) electrons. The molecule has 1 atom stereocenters. The van der Waals surface area contributed by atoms with E-state index in [9.17, 15) is 52.7 Å². The maximum absolute atomic E-state index is 14.6. The first-order valence-electron chi connectivity index (χ1n) is 20.2. The van der Waals surface area contributed by atoms with Crippen LogP contribution in [-0.2, 0) is 48.6 Å². The standard InChI is InChI=1S/C49H48F12NO2/c1-26(27-14-12-11-13-15-27)62(8)24-36-34(28-16-30(46(50,51)52)20-31(17-28)47(53,54)55)22-38(44(2,3)4)42(63-9)40(36)41-37(25-62)35(23-39(43(41)64-10)45(5,6)7)29-18-32(48(56,57)58)21-33(19-29)49(59,60)61/h11-23,26H,24-25H2,1-10H3/q+1/t26-/m1/s1. The van der Waals surface area contributed by atoms with Crippen molar-refractivity contribution < 1.29 is 66.6 Å². The lowest BCUT2D eigenvalue weighted by atomic mass is 9.76. The van der Waals surface area contributed by atoms with E-state index < -0.39 is 75.0 Å². The normalized spacial score (nSPS) is 15.3. The van der Waals surface area contributed by atoms with Crippen molar-refractivity contribution >= 4 is 0 Å². The zero-order valence-electron chi connectivity index (χ0n) is 36.8. The molecule has 344 valence electrons. The lowest BCUT2D eigenvalue weighted by molar-refractivity contribution is -0.962. The molecule has 0 spiro atoms. The van der Waals surface area contributed by atoms with E-state index in [-0.39, 0.29) is 74.6 Å². The number of benzene rings is 5. The van der Waals surface area contributed by atoms with Crippen molar-refractivity contribution in [2.45, 2.75) is 103 Å². The van der Waals surface area contributed by atoms with Crippen LogP contribution in [0.5, 0.6) is 11.5 Å². The summed E-state index contributed by atoms with van der Waals surface area (Å²) in [7, 11) is 4.45. The number of fused-ring (bicyclic) bond motifs is 3. The summed E-state index contributed by atoms with van der Waals surface area (Å²) in [5.74, 6) is 0.290. The van der Waals surface area contributed by atoms with Gasteiger partial charge in [-0.3, -0.25) is 0 Å². The highest BCUT2D eigenvalue weighted by Crippen LogP contribution is 2.57. The molecule has 0 saturated heterocycles. The van der Waals surface area contributed by atoms with Gasteiger partial charge in [0.2, 0.25) is 0 Å². The monoisotopic (exact) mass is 910 g/mol. The highest BCUT2D eigenvalue weighted by atomic mass is 19.4. The Bertz CT molecular complexity index is 2350. The number of rotatable bonds is 6. The second-order valence-electron chi connectivity index (χ2n) is 18.7. The summed E-state index contributed by atoms with van der Waals surface area (Å²) in [6, 6.07) is 14.1. The van der Waals surface area contributed by atoms with Gasteiger partial charge in [-0.1, -0.05) is 71.9 Å². The predicted octanol–water partition coefficient (Wildman–Crippen LogP) is 15.6. The van der Waals surface area contributed by atoms with Crippen molar-refractivity contribution in [3.63, 3.8) is 0 Å². The van der Waals surface area contributed by atoms with Gasteiger partial charge in [0.25, 0.3) is 0 Å². The van der Waals surface area contributed by atoms with Gasteiger partial charge in [0.15, 0.2) is 0 Å². The Morgan fingerprint density at radius 3 is 1.06 bits per heavy atom. The Morgan fingerprint density at radius 2 is 0.797 bits per heavy atom. The number of halogens is 12. The van der Waals surface area contributed by atoms with Crippen molar-refractivity contribution in [1.29, 1.82) is 0 Å². The fourth-order valence-electron chi connectivity index (χ4n) is 8.68. The fourth-order valence-corrected chi connectivity index (χ4v) is 8.68. The average Bonchev–Trinajstić information content (AvgIpc) is 3.32. The van der Waals surface area contributed by atoms with E-state index in [1.807, 2.05) is 19.1 Å². The second-order valence-corrected chi connectivity index (χ2v) is 18.7. The molecular weight excluding hydrogens is 863 g/mol. The number of quaternary nitrogens is 1. The molecule has 0 unspecified atom stereocenters. The Hall–Kier alpha value is -5.18. The molecule has 0 fully saturated rings. The lowest BCUT2D eigenvalue weighted by Crippen LogP contribution is -2.44. The van der Waals surface area contributed by atoms with Crippen LogP contribution in [0.1, 0.15) is 105 Å². The summed E-state index contributed by atoms with van der Waals surface area (Å²) in [4.78, 5) is 0. The summed E-state index contributed by atoms with van der Waals surface area (Å²) in [5.41, 5.74) is -6.74. The molecule has 1 heterocycles. The molecule has 64 heavy (non-hydrogen) atoms. The molecule has 0 bridgehead atoms. The Balaban J connectivity index is 1.96. The summed E-state index contributed by atoms with van der Waals surface area (Å²) < 4.78 is 187. The van der Waals surface area contributed by atoms with E-state index in [2.05, 4.69) is 0 Å². The Morgan fingerprint density at radius 1 is 0.484 bits per heavy atom. The van der Waals surface area contributed by atoms with Crippen LogP contribution in [0.3, 0.4) is 0 Å². The van der Waals surface area contributed by atoms with Crippen LogP contribution in [0.2, 0.25) is 0 Å². The number of methoxy groups -OCH3 is 2. The van der Waals surface area contributed by atoms with Gasteiger partial charge in [0.1, 0.15) is 30.6 Å². The summed E-state index contributed by atoms with van der Waals surface area (Å²) >= 11 is 0. The van der Waals surface area contributed by atoms with Gasteiger partial charge in [-0.2, -0.15) is 52.7 Å². The maximum atomic E-state index is 14.6. The first kappa shape index (κ1) is 48.3. The van der Waals surface area contributed by atoms with E-state index in [4.69, 9.17) is 9.47 Å². The second kappa shape index (κ2) is 16.1. The smallest absolute Gasteiger partial charge is 0.416 e. The zero-order chi connectivity index (χ0) is 47.9. The van der Waals surface area contributed by atoms with Gasteiger partial charge in [0.05, 0.1) is 43.5 Å². The highest BCUT2D eigenvalue weighted by Gasteiger charge is 2.45. The first-order valence-corrected chi connectivity index (χ1v) is 20.2. The van der Waals surface area contributed by atoms with Crippen LogP contribution >= 0.6 is 0 Å². The molecule has 5 aromatic carbocycles. The molecule has 5 aromatic rings. The zero-order valence-corrected chi connectivity index (χ0v) is 36.8. The van der Waals surface area contributed by atoms with E-state index in [1.165, 1.54) is 26.4 Å². The molecule has 0 saturated carbocycles. The van der Waals surface area contributed by atoms with E-state index >= 15 is 0 Å². The minimum Gasteiger partial charge on any atom is -0.496 e. The Labute approximate surface area is 364 Å². The molecule has 0 aliphatic carbocycles. The molecule has 3 nitrogen and oxygen atoms in total. The van der Waals surface area contributed by atoms with Gasteiger partial charge in [-0.15, -0.1) is 0 Å². The molecule has 0 aromatic heterocycles. The number of nitrogens with zero attached hydrogens (tertiary/aromatic N) is 1. The van der Waals surface area contributed by atoms with Gasteiger partial charge in [-0.25, -0.2) is 0 Å². The average molecular weight is 911 g/mol. The molecule has 6 rings (SSSR count). The van der Waals surface area contributed by atoms with Crippen LogP contribution in [-0.4, -0.2) is 25.8 Å². The topological polar surface area (TPSA) is 18.5 Å². The van der Waals surface area contributed by atoms with Crippen LogP contribution in [0, 0.1) is 0 Å². The fraction of sp³-hybridized carbons (Fsp3) is 0.388. The summed E-state index contributed by atoms with van der Waals surface area (Å²) in [5, 5.41) is 0. The molecular formula is C49H48F12NO2+. The number of alkyl halides is 12. The van der Waals surface area contributed by atoms with Crippen molar-refractivity contribution in [2.75, 3.05) is 21.3 Å². The van der Waals surface area contributed by atoms with Gasteiger partial charge < -0.3 is 14.0 Å². The summed E-state index contributed by atoms with van der Waals surface area (Å²) in [6.45, 7) is 12.2.